The average Bonchev–Trinajstić information content (AvgIpc) is 3.31. The first-order valence-corrected chi connectivity index (χ1v) is 10.1. The Morgan fingerprint density at radius 3 is 2.62 bits per heavy atom. The molecule has 0 atom stereocenters. The Bertz CT molecular complexity index is 853. The van der Waals surface area contributed by atoms with E-state index in [4.69, 9.17) is 5.73 Å². The zero-order valence-corrected chi connectivity index (χ0v) is 15.5. The molecule has 2 heterocycles. The van der Waals surface area contributed by atoms with Crippen LogP contribution in [0.5, 0.6) is 0 Å². The van der Waals surface area contributed by atoms with Gasteiger partial charge in [-0.15, -0.1) is 11.3 Å². The van der Waals surface area contributed by atoms with Gasteiger partial charge in [0.2, 0.25) is 5.91 Å². The summed E-state index contributed by atoms with van der Waals surface area (Å²) in [6.07, 6.45) is 6.67. The molecule has 1 aliphatic carbocycles. The lowest BCUT2D eigenvalue weighted by Crippen LogP contribution is -2.22. The van der Waals surface area contributed by atoms with Gasteiger partial charge in [0.25, 0.3) is 5.91 Å². The van der Waals surface area contributed by atoms with Crippen molar-refractivity contribution in [2.75, 3.05) is 23.3 Å². The number of rotatable bonds is 4. The molecule has 1 saturated heterocycles. The molecule has 0 saturated carbocycles. The molecule has 26 heavy (non-hydrogen) atoms. The summed E-state index contributed by atoms with van der Waals surface area (Å²) in [5.41, 5.74) is 9.47. The summed E-state index contributed by atoms with van der Waals surface area (Å²) in [5, 5.41) is 5.02. The van der Waals surface area contributed by atoms with Crippen LogP contribution in [0.3, 0.4) is 0 Å². The Labute approximate surface area is 157 Å². The first-order chi connectivity index (χ1) is 12.6. The molecular formula is C20H23N3O2S. The van der Waals surface area contributed by atoms with Crippen molar-refractivity contribution in [2.45, 2.75) is 38.5 Å². The lowest BCUT2D eigenvalue weighted by molar-refractivity contribution is 0.0996. The topological polar surface area (TPSA) is 75.4 Å². The number of primary amides is 1. The first-order valence-electron chi connectivity index (χ1n) is 9.23. The zero-order chi connectivity index (χ0) is 18.1. The smallest absolute Gasteiger partial charge is 0.256 e. The van der Waals surface area contributed by atoms with Gasteiger partial charge in [-0.1, -0.05) is 0 Å². The fourth-order valence-electron chi connectivity index (χ4n) is 3.90. The highest BCUT2D eigenvalue weighted by Gasteiger charge is 2.23. The molecule has 0 bridgehead atoms. The lowest BCUT2D eigenvalue weighted by Gasteiger charge is -2.22. The third-order valence-electron chi connectivity index (χ3n) is 5.28. The predicted molar refractivity (Wildman–Crippen MR) is 105 cm³/mol. The van der Waals surface area contributed by atoms with E-state index in [2.05, 4.69) is 10.2 Å². The number of nitrogens with zero attached hydrogens (tertiary/aromatic N) is 1. The van der Waals surface area contributed by atoms with E-state index < -0.39 is 5.91 Å². The maximum atomic E-state index is 13.0. The monoisotopic (exact) mass is 369 g/mol. The molecule has 5 nitrogen and oxygen atoms in total. The minimum atomic E-state index is -0.485. The second-order valence-electron chi connectivity index (χ2n) is 7.00. The number of aryl methyl sites for hydroxylation is 1. The molecule has 136 valence electrons. The van der Waals surface area contributed by atoms with Crippen molar-refractivity contribution < 1.29 is 9.59 Å². The van der Waals surface area contributed by atoms with Crippen molar-refractivity contribution in [1.82, 2.24) is 0 Å². The largest absolute Gasteiger partial charge is 0.370 e. The molecule has 6 heteroatoms. The number of carbonyl (C=O) groups is 2. The molecule has 0 spiro atoms. The highest BCUT2D eigenvalue weighted by molar-refractivity contribution is 7.10. The maximum Gasteiger partial charge on any atom is 0.256 e. The van der Waals surface area contributed by atoms with Crippen LogP contribution in [-0.2, 0) is 12.8 Å². The van der Waals surface area contributed by atoms with Crippen LogP contribution < -0.4 is 16.0 Å². The van der Waals surface area contributed by atoms with Gasteiger partial charge >= 0.3 is 0 Å². The highest BCUT2D eigenvalue weighted by Crippen LogP contribution is 2.33. The van der Waals surface area contributed by atoms with Crippen LogP contribution in [0.15, 0.2) is 23.6 Å². The molecular weight excluding hydrogens is 346 g/mol. The lowest BCUT2D eigenvalue weighted by atomic mass is 9.95. The van der Waals surface area contributed by atoms with Gasteiger partial charge in [-0.2, -0.15) is 0 Å². The fourth-order valence-corrected chi connectivity index (χ4v) is 5.02. The fraction of sp³-hybridized carbons (Fsp3) is 0.400. The van der Waals surface area contributed by atoms with Crippen LogP contribution in [0.2, 0.25) is 0 Å². The van der Waals surface area contributed by atoms with Crippen molar-refractivity contribution >= 4 is 34.5 Å². The Hall–Kier alpha value is -2.34. The third kappa shape index (κ3) is 3.21. The molecule has 1 aromatic heterocycles. The summed E-state index contributed by atoms with van der Waals surface area (Å²) in [5.74, 6) is -0.576. The quantitative estimate of drug-likeness (QED) is 0.865. The summed E-state index contributed by atoms with van der Waals surface area (Å²) >= 11 is 1.68. The molecule has 3 N–H and O–H groups in total. The third-order valence-corrected chi connectivity index (χ3v) is 6.37. The van der Waals surface area contributed by atoms with E-state index in [1.807, 2.05) is 11.4 Å². The van der Waals surface area contributed by atoms with Crippen LogP contribution in [0, 0.1) is 0 Å². The van der Waals surface area contributed by atoms with Gasteiger partial charge in [0.15, 0.2) is 0 Å². The Kier molecular flexibility index (Phi) is 4.68. The zero-order valence-electron chi connectivity index (χ0n) is 14.7. The van der Waals surface area contributed by atoms with Gasteiger partial charge in [0.1, 0.15) is 0 Å². The molecule has 1 aromatic carbocycles. The molecule has 1 fully saturated rings. The number of nitrogens with two attached hydrogens (primary N) is 1. The van der Waals surface area contributed by atoms with Crippen molar-refractivity contribution in [3.63, 3.8) is 0 Å². The minimum Gasteiger partial charge on any atom is -0.370 e. The summed E-state index contributed by atoms with van der Waals surface area (Å²) in [6.45, 7) is 1.93. The second-order valence-corrected chi connectivity index (χ2v) is 7.97. The van der Waals surface area contributed by atoms with Crippen LogP contribution in [0.25, 0.3) is 0 Å². The summed E-state index contributed by atoms with van der Waals surface area (Å²) in [6, 6.07) is 5.33. The van der Waals surface area contributed by atoms with Gasteiger partial charge in [0, 0.05) is 28.9 Å². The average molecular weight is 369 g/mol. The first kappa shape index (κ1) is 17.1. The normalized spacial score (nSPS) is 16.4. The molecule has 4 rings (SSSR count). The van der Waals surface area contributed by atoms with Crippen LogP contribution in [-0.4, -0.2) is 24.9 Å². The summed E-state index contributed by atoms with van der Waals surface area (Å²) < 4.78 is 0. The van der Waals surface area contributed by atoms with Crippen molar-refractivity contribution in [3.05, 3.63) is 45.1 Å². The van der Waals surface area contributed by atoms with Gasteiger partial charge in [-0.05, 0) is 62.3 Å². The highest BCUT2D eigenvalue weighted by atomic mass is 32.1. The number of thiophene rings is 1. The number of hydrogen-bond donors (Lipinski definition) is 2. The number of carbonyl (C=O) groups excluding carboxylic acids is 2. The van der Waals surface area contributed by atoms with Crippen LogP contribution in [0.1, 0.15) is 56.8 Å². The molecule has 0 radical (unpaired) electrons. The standard InChI is InChI=1S/C20H23N3O2S/c21-19(24)13-7-8-17(23-9-3-4-10-23)16(11-13)22-20(25)15-12-26-18-6-2-1-5-14(15)18/h7-8,11-12H,1-6,9-10H2,(H2,21,24)(H,22,25). The van der Waals surface area contributed by atoms with Gasteiger partial charge in [-0.25, -0.2) is 0 Å². The molecule has 2 aromatic rings. The maximum absolute atomic E-state index is 13.0. The molecule has 2 aliphatic rings. The Morgan fingerprint density at radius 2 is 1.85 bits per heavy atom. The number of nitrogens with one attached hydrogen (secondary N) is 1. The van der Waals surface area contributed by atoms with Crippen molar-refractivity contribution in [2.24, 2.45) is 5.73 Å². The number of benzene rings is 1. The van der Waals surface area contributed by atoms with Crippen molar-refractivity contribution in [3.8, 4) is 0 Å². The van der Waals surface area contributed by atoms with E-state index in [1.165, 1.54) is 16.9 Å². The summed E-state index contributed by atoms with van der Waals surface area (Å²) in [4.78, 5) is 28.1. The number of anilines is 2. The van der Waals surface area contributed by atoms with E-state index in [0.29, 0.717) is 11.3 Å². The second kappa shape index (κ2) is 7.11. The Balaban J connectivity index is 1.65. The van der Waals surface area contributed by atoms with E-state index in [1.54, 1.807) is 23.5 Å². The van der Waals surface area contributed by atoms with Crippen LogP contribution >= 0.6 is 11.3 Å². The minimum absolute atomic E-state index is 0.0912. The van der Waals surface area contributed by atoms with Gasteiger partial charge < -0.3 is 16.0 Å². The summed E-state index contributed by atoms with van der Waals surface area (Å²) in [7, 11) is 0. The number of hydrogen-bond acceptors (Lipinski definition) is 4. The van der Waals surface area contributed by atoms with E-state index in [-0.39, 0.29) is 5.91 Å². The SMILES string of the molecule is NC(=O)c1ccc(N2CCCC2)c(NC(=O)c2csc3c2CCCC3)c1. The molecule has 1 aliphatic heterocycles. The number of fused-ring (bicyclic) bond motifs is 1. The van der Waals surface area contributed by atoms with Gasteiger partial charge in [0.05, 0.1) is 16.9 Å². The van der Waals surface area contributed by atoms with E-state index >= 15 is 0 Å². The molecule has 0 unspecified atom stereocenters. The van der Waals surface area contributed by atoms with Crippen LogP contribution in [0.4, 0.5) is 11.4 Å². The molecule has 2 amide bonds. The van der Waals surface area contributed by atoms with Gasteiger partial charge in [-0.3, -0.25) is 9.59 Å². The number of amides is 2. The Morgan fingerprint density at radius 1 is 1.08 bits per heavy atom. The van der Waals surface area contributed by atoms with Crippen molar-refractivity contribution in [1.29, 1.82) is 0 Å². The predicted octanol–water partition coefficient (Wildman–Crippen LogP) is 3.58. The van der Waals surface area contributed by atoms with E-state index in [9.17, 15) is 9.59 Å². The van der Waals surface area contributed by atoms with E-state index in [0.717, 1.165) is 56.4 Å².